The zero-order valence-electron chi connectivity index (χ0n) is 24.6. The highest BCUT2D eigenvalue weighted by atomic mass is 32.2. The number of ether oxygens (including phenoxy) is 1. The van der Waals surface area contributed by atoms with Gasteiger partial charge in [-0.05, 0) is 81.3 Å². The molecular weight excluding hydrogens is 555 g/mol. The minimum atomic E-state index is -3.23. The number of benzene rings is 2. The summed E-state index contributed by atoms with van der Waals surface area (Å²) in [6.07, 6.45) is 10.9. The number of carbonyl (C=O) groups excluding carboxylic acids is 1. The van der Waals surface area contributed by atoms with E-state index < -0.39 is 9.84 Å². The Bertz CT molecular complexity index is 1610. The number of ketones is 1. The van der Waals surface area contributed by atoms with Crippen molar-refractivity contribution < 1.29 is 22.3 Å². The lowest BCUT2D eigenvalue weighted by Crippen LogP contribution is -2.34. The molecule has 0 saturated carbocycles. The number of nitrogens with one attached hydrogen (secondary N) is 1. The van der Waals surface area contributed by atoms with Gasteiger partial charge in [-0.15, -0.1) is 0 Å². The predicted molar refractivity (Wildman–Crippen MR) is 165 cm³/mol. The van der Waals surface area contributed by atoms with Crippen molar-refractivity contribution in [1.82, 2.24) is 15.1 Å². The van der Waals surface area contributed by atoms with E-state index in [1.807, 2.05) is 19.1 Å². The van der Waals surface area contributed by atoms with Crippen LogP contribution in [0.2, 0.25) is 0 Å². The normalized spacial score (nSPS) is 17.8. The maximum Gasteiger partial charge on any atom is 0.204 e. The molecule has 2 unspecified atom stereocenters. The molecule has 1 fully saturated rings. The standard InChI is InChI=1S/C32H39FN4O4S/c1-5-25(42(4,39)40)13-11-22(2)32-26-18-24(12-14-29(26)35-36-32)30(38)19-34-16-15-23-8-7-17-37(20-23)21-27-28(33)9-6-10-31(27)41-3/h5-6,9-10,12,14-16,18-19,22-23H,7-8,11,13,17,20-21H2,1-4H3,(H,35,36)/b16-15+,25-5?,34-19?. The lowest BCUT2D eigenvalue weighted by atomic mass is 9.97. The van der Waals surface area contributed by atoms with Gasteiger partial charge < -0.3 is 4.74 Å². The first kappa shape index (κ1) is 31.3. The molecule has 1 aliphatic heterocycles. The minimum absolute atomic E-state index is 0.0168. The number of aromatic amines is 1. The third-order valence-electron chi connectivity index (χ3n) is 7.84. The van der Waals surface area contributed by atoms with Crippen LogP contribution in [0.4, 0.5) is 4.39 Å². The smallest absolute Gasteiger partial charge is 0.204 e. The number of rotatable bonds is 12. The van der Waals surface area contributed by atoms with Crippen LogP contribution in [-0.4, -0.2) is 62.0 Å². The summed E-state index contributed by atoms with van der Waals surface area (Å²) >= 11 is 0. The van der Waals surface area contributed by atoms with E-state index in [4.69, 9.17) is 4.74 Å². The van der Waals surface area contributed by atoms with E-state index in [0.29, 0.717) is 41.2 Å². The highest BCUT2D eigenvalue weighted by molar-refractivity contribution is 7.94. The van der Waals surface area contributed by atoms with E-state index in [0.717, 1.165) is 42.5 Å². The number of nitrogens with zero attached hydrogens (tertiary/aromatic N) is 3. The lowest BCUT2D eigenvalue weighted by Gasteiger charge is -2.31. The van der Waals surface area contributed by atoms with Crippen LogP contribution in [-0.2, 0) is 16.4 Å². The molecule has 224 valence electrons. The van der Waals surface area contributed by atoms with Crippen molar-refractivity contribution in [2.75, 3.05) is 26.5 Å². The quantitative estimate of drug-likeness (QED) is 0.197. The van der Waals surface area contributed by atoms with Gasteiger partial charge in [-0.3, -0.25) is 19.8 Å². The number of fused-ring (bicyclic) bond motifs is 1. The Hall–Kier alpha value is -3.63. The number of allylic oxidation sites excluding steroid dienone is 2. The molecule has 3 aromatic rings. The third-order valence-corrected chi connectivity index (χ3v) is 9.23. The summed E-state index contributed by atoms with van der Waals surface area (Å²) in [7, 11) is -1.68. The van der Waals surface area contributed by atoms with Gasteiger partial charge in [0.05, 0.1) is 18.8 Å². The Morgan fingerprint density at radius 2 is 2.12 bits per heavy atom. The topological polar surface area (TPSA) is 105 Å². The number of Topliss-reactive ketones (excluding diaryl/α,β-unsaturated/α-hetero) is 1. The fourth-order valence-electron chi connectivity index (χ4n) is 5.46. The van der Waals surface area contributed by atoms with Gasteiger partial charge in [0.25, 0.3) is 0 Å². The summed E-state index contributed by atoms with van der Waals surface area (Å²) in [6.45, 7) is 5.89. The number of hydrogen-bond donors (Lipinski definition) is 1. The van der Waals surface area contributed by atoms with Crippen LogP contribution in [0.15, 0.2) is 64.6 Å². The molecule has 0 radical (unpaired) electrons. The van der Waals surface area contributed by atoms with Crippen molar-refractivity contribution in [1.29, 1.82) is 0 Å². The fraction of sp³-hybridized carbons (Fsp3) is 0.406. The van der Waals surface area contributed by atoms with Crippen LogP contribution in [0.5, 0.6) is 5.75 Å². The second-order valence-corrected chi connectivity index (χ2v) is 12.9. The van der Waals surface area contributed by atoms with E-state index in [9.17, 15) is 17.6 Å². The summed E-state index contributed by atoms with van der Waals surface area (Å²) in [5.74, 6) is 0.344. The molecule has 10 heteroatoms. The Morgan fingerprint density at radius 3 is 2.86 bits per heavy atom. The predicted octanol–water partition coefficient (Wildman–Crippen LogP) is 6.22. The van der Waals surface area contributed by atoms with Crippen molar-refractivity contribution in [3.05, 3.63) is 82.3 Å². The van der Waals surface area contributed by atoms with Crippen LogP contribution in [0.25, 0.3) is 10.9 Å². The number of halogens is 1. The summed E-state index contributed by atoms with van der Waals surface area (Å²) in [4.78, 5) is 19.8. The molecule has 2 atom stereocenters. The second-order valence-electron chi connectivity index (χ2n) is 10.9. The number of methoxy groups -OCH3 is 1. The molecule has 42 heavy (non-hydrogen) atoms. The number of sulfone groups is 1. The molecule has 0 amide bonds. The van der Waals surface area contributed by atoms with Crippen molar-refractivity contribution in [3.8, 4) is 5.75 Å². The molecule has 1 saturated heterocycles. The van der Waals surface area contributed by atoms with Gasteiger partial charge in [0.2, 0.25) is 5.78 Å². The van der Waals surface area contributed by atoms with Gasteiger partial charge in [-0.2, -0.15) is 5.10 Å². The number of likely N-dealkylation sites (tertiary alicyclic amines) is 1. The second kappa shape index (κ2) is 14.0. The summed E-state index contributed by atoms with van der Waals surface area (Å²) in [5, 5.41) is 8.27. The first-order valence-electron chi connectivity index (χ1n) is 14.2. The first-order chi connectivity index (χ1) is 20.1. The van der Waals surface area contributed by atoms with Gasteiger partial charge in [0.15, 0.2) is 9.84 Å². The van der Waals surface area contributed by atoms with Crippen LogP contribution in [0.3, 0.4) is 0 Å². The molecule has 1 aliphatic rings. The van der Waals surface area contributed by atoms with Gasteiger partial charge in [0, 0.05) is 52.7 Å². The highest BCUT2D eigenvalue weighted by Crippen LogP contribution is 2.30. The fourth-order valence-corrected chi connectivity index (χ4v) is 6.38. The lowest BCUT2D eigenvalue weighted by molar-refractivity contribution is 0.107. The van der Waals surface area contributed by atoms with Crippen LogP contribution < -0.4 is 4.74 Å². The van der Waals surface area contributed by atoms with E-state index in [1.165, 1.54) is 18.5 Å². The summed E-state index contributed by atoms with van der Waals surface area (Å²) < 4.78 is 43.6. The molecule has 0 spiro atoms. The molecule has 4 rings (SSSR count). The van der Waals surface area contributed by atoms with Crippen LogP contribution in [0.1, 0.15) is 67.1 Å². The van der Waals surface area contributed by atoms with E-state index >= 15 is 0 Å². The van der Waals surface area contributed by atoms with Crippen LogP contribution >= 0.6 is 0 Å². The molecule has 1 aromatic heterocycles. The molecule has 8 nitrogen and oxygen atoms in total. The largest absolute Gasteiger partial charge is 0.496 e. The number of aromatic nitrogens is 2. The van der Waals surface area contributed by atoms with E-state index in [-0.39, 0.29) is 23.4 Å². The van der Waals surface area contributed by atoms with Crippen LogP contribution in [0, 0.1) is 11.7 Å². The third kappa shape index (κ3) is 7.80. The van der Waals surface area contributed by atoms with Crippen molar-refractivity contribution in [2.45, 2.75) is 52.0 Å². The number of piperidine rings is 1. The summed E-state index contributed by atoms with van der Waals surface area (Å²) in [5.41, 5.74) is 2.68. The Morgan fingerprint density at radius 1 is 1.31 bits per heavy atom. The molecule has 2 aromatic carbocycles. The first-order valence-corrected chi connectivity index (χ1v) is 16.1. The summed E-state index contributed by atoms with van der Waals surface area (Å²) in [6, 6.07) is 10.2. The minimum Gasteiger partial charge on any atom is -0.496 e. The van der Waals surface area contributed by atoms with Gasteiger partial charge in [0.1, 0.15) is 11.6 Å². The Labute approximate surface area is 247 Å². The maximum atomic E-state index is 14.4. The van der Waals surface area contributed by atoms with Gasteiger partial charge >= 0.3 is 0 Å². The van der Waals surface area contributed by atoms with Crippen molar-refractivity contribution in [3.63, 3.8) is 0 Å². The monoisotopic (exact) mass is 594 g/mol. The number of hydrogen-bond acceptors (Lipinski definition) is 7. The zero-order valence-corrected chi connectivity index (χ0v) is 25.5. The molecule has 0 aliphatic carbocycles. The van der Waals surface area contributed by atoms with Crippen molar-refractivity contribution in [2.24, 2.45) is 10.9 Å². The Kier molecular flexibility index (Phi) is 10.5. The SMILES string of the molecule is CC=C(CCC(C)c1[nH]nc2ccc(C(=O)C=N/C=C/C3CCCN(Cc4c(F)cccc4OC)C3)cc12)S(C)(=O)=O. The number of aliphatic imine (C=N–C) groups is 1. The average Bonchev–Trinajstić information content (AvgIpc) is 3.39. The maximum absolute atomic E-state index is 14.4. The highest BCUT2D eigenvalue weighted by Gasteiger charge is 2.21. The molecular formula is C32H39FN4O4S. The van der Waals surface area contributed by atoms with Crippen molar-refractivity contribution >= 4 is 32.7 Å². The number of carbonyl (C=O) groups is 1. The molecule has 2 heterocycles. The van der Waals surface area contributed by atoms with Gasteiger partial charge in [-0.1, -0.05) is 25.1 Å². The molecule has 1 N–H and O–H groups in total. The van der Waals surface area contributed by atoms with E-state index in [2.05, 4.69) is 20.1 Å². The van der Waals surface area contributed by atoms with E-state index in [1.54, 1.807) is 50.6 Å². The Balaban J connectivity index is 1.37. The average molecular weight is 595 g/mol. The van der Waals surface area contributed by atoms with Gasteiger partial charge in [-0.25, -0.2) is 12.8 Å². The zero-order chi connectivity index (χ0) is 30.3. The number of H-pyrrole nitrogens is 1. The molecule has 0 bridgehead atoms.